The lowest BCUT2D eigenvalue weighted by Gasteiger charge is -2.34. The van der Waals surface area contributed by atoms with Crippen molar-refractivity contribution in [2.24, 2.45) is 0 Å². The molecular formula is C31H38ClN3O5S. The molecule has 0 heterocycles. The highest BCUT2D eigenvalue weighted by Gasteiger charge is 2.34. The Bertz CT molecular complexity index is 1450. The smallest absolute Gasteiger partial charge is 0.264 e. The largest absolute Gasteiger partial charge is 0.497 e. The number of nitrogens with zero attached hydrogens (tertiary/aromatic N) is 2. The van der Waals surface area contributed by atoms with Gasteiger partial charge in [0.25, 0.3) is 10.0 Å². The van der Waals surface area contributed by atoms with Gasteiger partial charge in [-0.3, -0.25) is 13.9 Å². The lowest BCUT2D eigenvalue weighted by atomic mass is 10.1. The van der Waals surface area contributed by atoms with Crippen LogP contribution in [-0.2, 0) is 26.2 Å². The molecule has 0 unspecified atom stereocenters. The van der Waals surface area contributed by atoms with Crippen molar-refractivity contribution in [2.45, 2.75) is 64.1 Å². The molecule has 1 N–H and O–H groups in total. The second kappa shape index (κ2) is 14.4. The van der Waals surface area contributed by atoms with E-state index in [1.165, 1.54) is 17.0 Å². The molecule has 2 amide bonds. The third-order valence-corrected chi connectivity index (χ3v) is 8.92. The van der Waals surface area contributed by atoms with Gasteiger partial charge in [0.05, 0.1) is 17.7 Å². The predicted octanol–water partition coefficient (Wildman–Crippen LogP) is 5.57. The normalized spacial score (nSPS) is 12.7. The van der Waals surface area contributed by atoms with Crippen LogP contribution in [0.15, 0.2) is 77.7 Å². The zero-order chi connectivity index (χ0) is 30.2. The maximum absolute atomic E-state index is 14.2. The van der Waals surface area contributed by atoms with Gasteiger partial charge in [0.2, 0.25) is 11.8 Å². The zero-order valence-electron chi connectivity index (χ0n) is 24.1. The molecule has 8 nitrogen and oxygen atoms in total. The number of sulfonamides is 1. The summed E-state index contributed by atoms with van der Waals surface area (Å²) in [6.07, 6.45) is 1.06. The number of rotatable bonds is 13. The summed E-state index contributed by atoms with van der Waals surface area (Å²) in [5, 5.41) is 3.42. The number of anilines is 1. The Labute approximate surface area is 248 Å². The molecule has 0 spiro atoms. The minimum atomic E-state index is -4.16. The molecule has 2 atom stereocenters. The maximum Gasteiger partial charge on any atom is 0.264 e. The zero-order valence-corrected chi connectivity index (χ0v) is 25.7. The van der Waals surface area contributed by atoms with Gasteiger partial charge in [-0.2, -0.15) is 0 Å². The number of halogens is 1. The number of hydrogen-bond donors (Lipinski definition) is 1. The van der Waals surface area contributed by atoms with E-state index < -0.39 is 28.5 Å². The predicted molar refractivity (Wildman–Crippen MR) is 163 cm³/mol. The number of aryl methyl sites for hydroxylation is 1. The SMILES string of the molecule is CC[C@H](C)NC(=O)[C@H](CC)N(Cc1cccc(OC)c1)C(=O)CN(c1ccc(Cl)cc1C)S(=O)(=O)c1ccccc1. The summed E-state index contributed by atoms with van der Waals surface area (Å²) < 4.78 is 34.4. The lowest BCUT2D eigenvalue weighted by Crippen LogP contribution is -2.53. The number of benzene rings is 3. The molecule has 0 aliphatic rings. The fourth-order valence-corrected chi connectivity index (χ4v) is 6.19. The molecule has 0 aliphatic heterocycles. The Hall–Kier alpha value is -3.56. The second-order valence-electron chi connectivity index (χ2n) is 9.87. The van der Waals surface area contributed by atoms with E-state index in [-0.39, 0.29) is 23.4 Å². The first kappa shape index (κ1) is 32.0. The minimum Gasteiger partial charge on any atom is -0.497 e. The van der Waals surface area contributed by atoms with E-state index in [1.807, 2.05) is 26.8 Å². The quantitative estimate of drug-likeness (QED) is 0.277. The van der Waals surface area contributed by atoms with Crippen molar-refractivity contribution < 1.29 is 22.7 Å². The van der Waals surface area contributed by atoms with E-state index in [9.17, 15) is 18.0 Å². The van der Waals surface area contributed by atoms with Crippen LogP contribution in [0.3, 0.4) is 0 Å². The minimum absolute atomic E-state index is 0.0445. The molecule has 0 saturated carbocycles. The molecule has 0 radical (unpaired) electrons. The van der Waals surface area contributed by atoms with Crippen LogP contribution in [0.25, 0.3) is 0 Å². The van der Waals surface area contributed by atoms with Gasteiger partial charge in [0.15, 0.2) is 0 Å². The van der Waals surface area contributed by atoms with Crippen LogP contribution in [0.1, 0.15) is 44.7 Å². The molecule has 220 valence electrons. The Morgan fingerprint density at radius 3 is 2.29 bits per heavy atom. The van der Waals surface area contributed by atoms with E-state index in [0.29, 0.717) is 28.4 Å². The van der Waals surface area contributed by atoms with E-state index in [0.717, 1.165) is 16.3 Å². The molecule has 3 rings (SSSR count). The fourth-order valence-electron chi connectivity index (χ4n) is 4.46. The summed E-state index contributed by atoms with van der Waals surface area (Å²) >= 11 is 6.17. The summed E-state index contributed by atoms with van der Waals surface area (Å²) in [7, 11) is -2.60. The van der Waals surface area contributed by atoms with Crippen molar-refractivity contribution >= 4 is 39.1 Å². The number of ether oxygens (including phenoxy) is 1. The first-order chi connectivity index (χ1) is 19.5. The highest BCUT2D eigenvalue weighted by atomic mass is 35.5. The summed E-state index contributed by atoms with van der Waals surface area (Å²) in [5.74, 6) is -0.205. The highest BCUT2D eigenvalue weighted by molar-refractivity contribution is 7.92. The third-order valence-electron chi connectivity index (χ3n) is 6.91. The van der Waals surface area contributed by atoms with Gasteiger partial charge in [-0.1, -0.05) is 55.8 Å². The van der Waals surface area contributed by atoms with Crippen molar-refractivity contribution in [2.75, 3.05) is 18.0 Å². The van der Waals surface area contributed by atoms with Crippen LogP contribution in [0.2, 0.25) is 5.02 Å². The van der Waals surface area contributed by atoms with Gasteiger partial charge in [0, 0.05) is 17.6 Å². The molecule has 0 aromatic heterocycles. The van der Waals surface area contributed by atoms with Gasteiger partial charge < -0.3 is 15.0 Å². The molecule has 3 aromatic rings. The topological polar surface area (TPSA) is 96.0 Å². The summed E-state index contributed by atoms with van der Waals surface area (Å²) in [6.45, 7) is 7.00. The molecule has 0 saturated heterocycles. The van der Waals surface area contributed by atoms with Gasteiger partial charge in [-0.15, -0.1) is 0 Å². The molecule has 41 heavy (non-hydrogen) atoms. The molecular weight excluding hydrogens is 562 g/mol. The van der Waals surface area contributed by atoms with E-state index in [1.54, 1.807) is 68.6 Å². The molecule has 0 fully saturated rings. The van der Waals surface area contributed by atoms with Crippen molar-refractivity contribution in [3.05, 3.63) is 88.9 Å². The Morgan fingerprint density at radius 1 is 0.976 bits per heavy atom. The second-order valence-corrected chi connectivity index (χ2v) is 12.2. The summed E-state index contributed by atoms with van der Waals surface area (Å²) in [6, 6.07) is 19.1. The fraction of sp³-hybridized carbons (Fsp3) is 0.355. The van der Waals surface area contributed by atoms with Crippen molar-refractivity contribution in [1.29, 1.82) is 0 Å². The van der Waals surface area contributed by atoms with Gasteiger partial charge in [0.1, 0.15) is 18.3 Å². The molecule has 3 aromatic carbocycles. The number of methoxy groups -OCH3 is 1. The maximum atomic E-state index is 14.2. The van der Waals surface area contributed by atoms with Gasteiger partial charge in [-0.05, 0) is 80.3 Å². The number of hydrogen-bond acceptors (Lipinski definition) is 5. The standard InChI is InChI=1S/C31H38ClN3O5S/c1-6-23(4)33-31(37)28(7-2)34(20-24-12-11-13-26(19-24)40-5)30(36)21-35(29-17-16-25(32)18-22(29)3)41(38,39)27-14-9-8-10-15-27/h8-19,23,28H,6-7,20-21H2,1-5H3,(H,33,37)/t23-,28-/m0/s1. The summed E-state index contributed by atoms with van der Waals surface area (Å²) in [4.78, 5) is 29.1. The van der Waals surface area contributed by atoms with Crippen LogP contribution in [0.4, 0.5) is 5.69 Å². The Morgan fingerprint density at radius 2 is 1.68 bits per heavy atom. The van der Waals surface area contributed by atoms with Crippen molar-refractivity contribution in [3.8, 4) is 5.75 Å². The first-order valence-corrected chi connectivity index (χ1v) is 15.4. The number of amides is 2. The average Bonchev–Trinajstić information content (AvgIpc) is 2.96. The number of carbonyl (C=O) groups excluding carboxylic acids is 2. The molecule has 0 aliphatic carbocycles. The van der Waals surface area contributed by atoms with Crippen molar-refractivity contribution in [1.82, 2.24) is 10.2 Å². The summed E-state index contributed by atoms with van der Waals surface area (Å²) in [5.41, 5.74) is 1.66. The van der Waals surface area contributed by atoms with Crippen LogP contribution in [-0.4, -0.2) is 50.9 Å². The Balaban J connectivity index is 2.09. The Kier molecular flexibility index (Phi) is 11.2. The highest BCUT2D eigenvalue weighted by Crippen LogP contribution is 2.29. The first-order valence-electron chi connectivity index (χ1n) is 13.6. The van der Waals surface area contributed by atoms with Crippen LogP contribution < -0.4 is 14.4 Å². The lowest BCUT2D eigenvalue weighted by molar-refractivity contribution is -0.140. The number of nitrogens with one attached hydrogen (secondary N) is 1. The number of carbonyl (C=O) groups is 2. The van der Waals surface area contributed by atoms with Crippen LogP contribution in [0.5, 0.6) is 5.75 Å². The van der Waals surface area contributed by atoms with E-state index >= 15 is 0 Å². The van der Waals surface area contributed by atoms with E-state index in [2.05, 4.69) is 5.32 Å². The monoisotopic (exact) mass is 599 g/mol. The van der Waals surface area contributed by atoms with Crippen LogP contribution >= 0.6 is 11.6 Å². The third kappa shape index (κ3) is 8.01. The van der Waals surface area contributed by atoms with Gasteiger partial charge in [-0.25, -0.2) is 8.42 Å². The molecule has 10 heteroatoms. The van der Waals surface area contributed by atoms with Crippen molar-refractivity contribution in [3.63, 3.8) is 0 Å². The van der Waals surface area contributed by atoms with Crippen LogP contribution in [0, 0.1) is 6.92 Å². The average molecular weight is 600 g/mol. The molecule has 0 bridgehead atoms. The van der Waals surface area contributed by atoms with Gasteiger partial charge >= 0.3 is 0 Å². The van der Waals surface area contributed by atoms with E-state index in [4.69, 9.17) is 16.3 Å².